The van der Waals surface area contributed by atoms with Crippen molar-refractivity contribution in [3.05, 3.63) is 53.3 Å². The number of nitrogens with one attached hydrogen (secondary N) is 1. The second kappa shape index (κ2) is 5.80. The zero-order chi connectivity index (χ0) is 14.8. The average Bonchev–Trinajstić information content (AvgIpc) is 2.85. The van der Waals surface area contributed by atoms with E-state index in [1.807, 2.05) is 10.9 Å². The molecule has 1 unspecified atom stereocenters. The summed E-state index contributed by atoms with van der Waals surface area (Å²) in [5.41, 5.74) is 3.95. The van der Waals surface area contributed by atoms with Crippen LogP contribution in [0, 0.1) is 6.92 Å². The fourth-order valence-electron chi connectivity index (χ4n) is 2.27. The molecule has 1 aromatic carbocycles. The number of hydrogen-bond donors (Lipinski definition) is 1. The molecule has 0 aliphatic heterocycles. The summed E-state index contributed by atoms with van der Waals surface area (Å²) in [4.78, 5) is 0. The Balaban J connectivity index is 1.99. The van der Waals surface area contributed by atoms with Crippen LogP contribution in [0.5, 0.6) is 0 Å². The van der Waals surface area contributed by atoms with Crippen molar-refractivity contribution in [2.75, 3.05) is 0 Å². The van der Waals surface area contributed by atoms with Crippen LogP contribution in [0.25, 0.3) is 0 Å². The molecule has 1 heterocycles. The second-order valence-corrected chi connectivity index (χ2v) is 6.42. The summed E-state index contributed by atoms with van der Waals surface area (Å²) in [5, 5.41) is 8.00. The third-order valence-corrected chi connectivity index (χ3v) is 3.59. The number of aryl methyl sites for hydroxylation is 1. The summed E-state index contributed by atoms with van der Waals surface area (Å²) in [5.74, 6) is 0. The predicted octanol–water partition coefficient (Wildman–Crippen LogP) is 3.80. The molecule has 2 rings (SSSR count). The van der Waals surface area contributed by atoms with Crippen LogP contribution < -0.4 is 5.32 Å². The van der Waals surface area contributed by atoms with Crippen LogP contribution in [-0.4, -0.2) is 9.78 Å². The van der Waals surface area contributed by atoms with Crippen LogP contribution in [-0.2, 0) is 12.1 Å². The van der Waals surface area contributed by atoms with E-state index in [1.165, 1.54) is 16.7 Å². The molecule has 0 spiro atoms. The van der Waals surface area contributed by atoms with Gasteiger partial charge in [-0.2, -0.15) is 5.10 Å². The Morgan fingerprint density at radius 2 is 1.95 bits per heavy atom. The minimum absolute atomic E-state index is 0.0416. The van der Waals surface area contributed by atoms with Gasteiger partial charge < -0.3 is 5.32 Å². The molecule has 0 radical (unpaired) electrons. The molecule has 3 heteroatoms. The molecule has 0 saturated carbocycles. The van der Waals surface area contributed by atoms with Crippen molar-refractivity contribution < 1.29 is 0 Å². The maximum Gasteiger partial charge on any atom is 0.0543 e. The van der Waals surface area contributed by atoms with Crippen LogP contribution in [0.4, 0.5) is 0 Å². The monoisotopic (exact) mass is 271 g/mol. The van der Waals surface area contributed by atoms with Crippen molar-refractivity contribution in [3.8, 4) is 0 Å². The standard InChI is InChI=1S/C17H25N3/c1-13-8-6-7-9-16(13)14(2)18-10-15-11-19-20(12-15)17(3,4)5/h6-9,11-12,14,18H,10H2,1-5H3. The average molecular weight is 271 g/mol. The summed E-state index contributed by atoms with van der Waals surface area (Å²) >= 11 is 0. The summed E-state index contributed by atoms with van der Waals surface area (Å²) in [7, 11) is 0. The van der Waals surface area contributed by atoms with Crippen LogP contribution in [0.3, 0.4) is 0 Å². The van der Waals surface area contributed by atoms with Crippen molar-refractivity contribution in [2.24, 2.45) is 0 Å². The topological polar surface area (TPSA) is 29.9 Å². The van der Waals surface area contributed by atoms with E-state index in [4.69, 9.17) is 0 Å². The summed E-state index contributed by atoms with van der Waals surface area (Å²) < 4.78 is 2.02. The molecule has 0 aliphatic carbocycles. The van der Waals surface area contributed by atoms with Gasteiger partial charge in [0.25, 0.3) is 0 Å². The Labute approximate surface area is 122 Å². The summed E-state index contributed by atoms with van der Waals surface area (Å²) in [6.07, 6.45) is 4.07. The van der Waals surface area contributed by atoms with Gasteiger partial charge in [-0.3, -0.25) is 4.68 Å². The van der Waals surface area contributed by atoms with Crippen LogP contribution in [0.15, 0.2) is 36.7 Å². The van der Waals surface area contributed by atoms with Gasteiger partial charge in [-0.25, -0.2) is 0 Å². The highest BCUT2D eigenvalue weighted by Crippen LogP contribution is 2.18. The lowest BCUT2D eigenvalue weighted by Crippen LogP contribution is -2.22. The molecule has 0 bridgehead atoms. The third-order valence-electron chi connectivity index (χ3n) is 3.59. The molecule has 0 fully saturated rings. The molecular formula is C17H25N3. The highest BCUT2D eigenvalue weighted by molar-refractivity contribution is 5.28. The fourth-order valence-corrected chi connectivity index (χ4v) is 2.27. The Morgan fingerprint density at radius 3 is 2.55 bits per heavy atom. The van der Waals surface area contributed by atoms with Gasteiger partial charge in [0.05, 0.1) is 11.7 Å². The zero-order valence-corrected chi connectivity index (χ0v) is 13.1. The van der Waals surface area contributed by atoms with E-state index in [9.17, 15) is 0 Å². The number of aromatic nitrogens is 2. The van der Waals surface area contributed by atoms with Crippen molar-refractivity contribution in [2.45, 2.75) is 52.7 Å². The Bertz CT molecular complexity index is 564. The van der Waals surface area contributed by atoms with Crippen LogP contribution in [0.2, 0.25) is 0 Å². The SMILES string of the molecule is Cc1ccccc1C(C)NCc1cnn(C(C)(C)C)c1. The van der Waals surface area contributed by atoms with E-state index in [0.29, 0.717) is 6.04 Å². The van der Waals surface area contributed by atoms with Gasteiger partial charge in [-0.1, -0.05) is 24.3 Å². The Kier molecular flexibility index (Phi) is 4.29. The van der Waals surface area contributed by atoms with E-state index in [0.717, 1.165) is 6.54 Å². The molecular weight excluding hydrogens is 246 g/mol. The molecule has 3 nitrogen and oxygen atoms in total. The van der Waals surface area contributed by atoms with E-state index in [-0.39, 0.29) is 5.54 Å². The molecule has 20 heavy (non-hydrogen) atoms. The molecule has 1 aromatic heterocycles. The van der Waals surface area contributed by atoms with Crippen molar-refractivity contribution >= 4 is 0 Å². The minimum Gasteiger partial charge on any atom is -0.306 e. The van der Waals surface area contributed by atoms with Crippen LogP contribution >= 0.6 is 0 Å². The van der Waals surface area contributed by atoms with E-state index in [2.05, 4.69) is 75.5 Å². The summed E-state index contributed by atoms with van der Waals surface area (Å²) in [6.45, 7) is 11.7. The maximum atomic E-state index is 4.43. The van der Waals surface area contributed by atoms with E-state index < -0.39 is 0 Å². The first-order valence-corrected chi connectivity index (χ1v) is 7.21. The first kappa shape index (κ1) is 14.8. The van der Waals surface area contributed by atoms with E-state index in [1.54, 1.807) is 0 Å². The van der Waals surface area contributed by atoms with Gasteiger partial charge in [0.1, 0.15) is 0 Å². The van der Waals surface area contributed by atoms with Gasteiger partial charge in [0.15, 0.2) is 0 Å². The van der Waals surface area contributed by atoms with Gasteiger partial charge in [-0.05, 0) is 45.7 Å². The molecule has 108 valence electrons. The highest BCUT2D eigenvalue weighted by Gasteiger charge is 2.14. The number of rotatable bonds is 4. The highest BCUT2D eigenvalue weighted by atomic mass is 15.3. The lowest BCUT2D eigenvalue weighted by atomic mass is 10.0. The first-order valence-electron chi connectivity index (χ1n) is 7.21. The molecule has 1 N–H and O–H groups in total. The molecule has 1 atom stereocenters. The van der Waals surface area contributed by atoms with Gasteiger partial charge in [-0.15, -0.1) is 0 Å². The summed E-state index contributed by atoms with van der Waals surface area (Å²) in [6, 6.07) is 8.86. The van der Waals surface area contributed by atoms with E-state index >= 15 is 0 Å². The predicted molar refractivity (Wildman–Crippen MR) is 83.7 cm³/mol. The second-order valence-electron chi connectivity index (χ2n) is 6.42. The van der Waals surface area contributed by atoms with Crippen molar-refractivity contribution in [1.82, 2.24) is 15.1 Å². The van der Waals surface area contributed by atoms with Gasteiger partial charge in [0.2, 0.25) is 0 Å². The Morgan fingerprint density at radius 1 is 1.25 bits per heavy atom. The lowest BCUT2D eigenvalue weighted by molar-refractivity contribution is 0.355. The normalized spacial score (nSPS) is 13.4. The van der Waals surface area contributed by atoms with Gasteiger partial charge >= 0.3 is 0 Å². The van der Waals surface area contributed by atoms with Crippen LogP contribution in [0.1, 0.15) is 50.4 Å². The first-order chi connectivity index (χ1) is 9.38. The third kappa shape index (κ3) is 3.48. The quantitative estimate of drug-likeness (QED) is 0.916. The zero-order valence-electron chi connectivity index (χ0n) is 13.1. The maximum absolute atomic E-state index is 4.43. The van der Waals surface area contributed by atoms with Gasteiger partial charge in [0, 0.05) is 24.3 Å². The fraction of sp³-hybridized carbons (Fsp3) is 0.471. The largest absolute Gasteiger partial charge is 0.306 e. The minimum atomic E-state index is 0.0416. The number of benzene rings is 1. The lowest BCUT2D eigenvalue weighted by Gasteiger charge is -2.19. The molecule has 0 amide bonds. The smallest absolute Gasteiger partial charge is 0.0543 e. The van der Waals surface area contributed by atoms with Crippen molar-refractivity contribution in [1.29, 1.82) is 0 Å². The molecule has 0 saturated heterocycles. The Hall–Kier alpha value is -1.61. The molecule has 2 aromatic rings. The molecule has 0 aliphatic rings. The number of nitrogens with zero attached hydrogens (tertiary/aromatic N) is 2. The van der Waals surface area contributed by atoms with Crippen molar-refractivity contribution in [3.63, 3.8) is 0 Å². The number of hydrogen-bond acceptors (Lipinski definition) is 2.